The summed E-state index contributed by atoms with van der Waals surface area (Å²) in [5.41, 5.74) is 6.82. The molecule has 6 heteroatoms. The van der Waals surface area contributed by atoms with Gasteiger partial charge < -0.3 is 15.8 Å². The van der Waals surface area contributed by atoms with Gasteiger partial charge in [0.2, 0.25) is 0 Å². The van der Waals surface area contributed by atoms with Crippen molar-refractivity contribution in [2.24, 2.45) is 5.73 Å². The van der Waals surface area contributed by atoms with E-state index in [1.165, 1.54) is 0 Å². The van der Waals surface area contributed by atoms with Crippen molar-refractivity contribution < 1.29 is 14.3 Å². The largest absolute Gasteiger partial charge is 0.484 e. The van der Waals surface area contributed by atoms with Gasteiger partial charge in [0.15, 0.2) is 6.61 Å². The number of hydrogen-bond donors (Lipinski definition) is 2. The van der Waals surface area contributed by atoms with E-state index in [9.17, 15) is 9.59 Å². The third kappa shape index (κ3) is 3.48. The third-order valence-electron chi connectivity index (χ3n) is 4.35. The molecule has 0 saturated heterocycles. The monoisotopic (exact) mass is 371 g/mol. The number of primary amides is 1. The van der Waals surface area contributed by atoms with Crippen LogP contribution in [0.1, 0.15) is 10.4 Å². The Morgan fingerprint density at radius 1 is 0.964 bits per heavy atom. The highest BCUT2D eigenvalue weighted by atomic mass is 16.5. The van der Waals surface area contributed by atoms with Gasteiger partial charge in [-0.25, -0.2) is 0 Å². The number of aromatic nitrogens is 1. The van der Waals surface area contributed by atoms with Crippen molar-refractivity contribution in [3.05, 3.63) is 78.5 Å². The second-order valence-electron chi connectivity index (χ2n) is 6.28. The van der Waals surface area contributed by atoms with E-state index in [-0.39, 0.29) is 12.5 Å². The summed E-state index contributed by atoms with van der Waals surface area (Å²) in [6.45, 7) is -0.194. The lowest BCUT2D eigenvalue weighted by Gasteiger charge is -2.11. The molecule has 0 saturated carbocycles. The van der Waals surface area contributed by atoms with Gasteiger partial charge in [-0.1, -0.05) is 30.3 Å². The second-order valence-corrected chi connectivity index (χ2v) is 6.28. The van der Waals surface area contributed by atoms with Crippen LogP contribution in [0.3, 0.4) is 0 Å². The van der Waals surface area contributed by atoms with Gasteiger partial charge in [-0.05, 0) is 47.2 Å². The topological polar surface area (TPSA) is 94.3 Å². The van der Waals surface area contributed by atoms with E-state index in [0.717, 1.165) is 16.2 Å². The van der Waals surface area contributed by atoms with Crippen LogP contribution in [0.5, 0.6) is 5.75 Å². The zero-order chi connectivity index (χ0) is 19.5. The minimum absolute atomic E-state index is 0.194. The molecule has 0 fully saturated rings. The lowest BCUT2D eigenvalue weighted by Crippen LogP contribution is -2.20. The molecular weight excluding hydrogens is 354 g/mol. The number of pyridine rings is 1. The van der Waals surface area contributed by atoms with Crippen molar-refractivity contribution in [3.63, 3.8) is 0 Å². The van der Waals surface area contributed by atoms with Crippen molar-refractivity contribution in [1.29, 1.82) is 0 Å². The van der Waals surface area contributed by atoms with Gasteiger partial charge in [-0.2, -0.15) is 0 Å². The molecule has 0 radical (unpaired) electrons. The van der Waals surface area contributed by atoms with Gasteiger partial charge in [0.1, 0.15) is 5.75 Å². The summed E-state index contributed by atoms with van der Waals surface area (Å²) in [4.78, 5) is 28.1. The highest BCUT2D eigenvalue weighted by Gasteiger charge is 2.14. The number of fused-ring (bicyclic) bond motifs is 3. The van der Waals surface area contributed by atoms with Crippen molar-refractivity contribution in [1.82, 2.24) is 4.98 Å². The molecule has 0 spiro atoms. The molecule has 138 valence electrons. The molecule has 2 amide bonds. The standard InChI is InChI=1S/C22H17N3O3/c23-20(26)13-28-16-9-7-15(8-10-16)25-22(27)19-12-14-4-1-2-5-17(14)18-6-3-11-24-21(18)19/h1-12H,13H2,(H2,23,26)(H,25,27). The van der Waals surface area contributed by atoms with Crippen molar-refractivity contribution in [2.75, 3.05) is 11.9 Å². The van der Waals surface area contributed by atoms with Crippen molar-refractivity contribution in [3.8, 4) is 5.75 Å². The van der Waals surface area contributed by atoms with Gasteiger partial charge in [0.25, 0.3) is 11.8 Å². The molecule has 0 aliphatic rings. The Morgan fingerprint density at radius 2 is 1.71 bits per heavy atom. The highest BCUT2D eigenvalue weighted by Crippen LogP contribution is 2.28. The van der Waals surface area contributed by atoms with E-state index in [1.807, 2.05) is 42.5 Å². The van der Waals surface area contributed by atoms with E-state index >= 15 is 0 Å². The number of amides is 2. The summed E-state index contributed by atoms with van der Waals surface area (Å²) >= 11 is 0. The summed E-state index contributed by atoms with van der Waals surface area (Å²) < 4.78 is 5.22. The molecule has 4 rings (SSSR count). The minimum Gasteiger partial charge on any atom is -0.484 e. The van der Waals surface area contributed by atoms with Gasteiger partial charge in [0, 0.05) is 17.3 Å². The van der Waals surface area contributed by atoms with Gasteiger partial charge in [0.05, 0.1) is 11.1 Å². The van der Waals surface area contributed by atoms with Crippen LogP contribution in [0, 0.1) is 0 Å². The normalized spacial score (nSPS) is 10.7. The fraction of sp³-hybridized carbons (Fsp3) is 0.0455. The summed E-state index contributed by atoms with van der Waals surface area (Å²) in [5, 5.41) is 5.84. The molecule has 0 aliphatic carbocycles. The first-order valence-electron chi connectivity index (χ1n) is 8.71. The molecule has 0 atom stereocenters. The molecule has 0 bridgehead atoms. The number of carbonyl (C=O) groups excluding carboxylic acids is 2. The molecule has 6 nitrogen and oxygen atoms in total. The van der Waals surface area contributed by atoms with Gasteiger partial charge in [-0.3, -0.25) is 14.6 Å². The van der Waals surface area contributed by atoms with Crippen molar-refractivity contribution >= 4 is 39.2 Å². The molecular formula is C22H17N3O3. The quantitative estimate of drug-likeness (QED) is 0.525. The molecule has 0 unspecified atom stereocenters. The number of carbonyl (C=O) groups is 2. The van der Waals surface area contributed by atoms with E-state index in [0.29, 0.717) is 22.5 Å². The lowest BCUT2D eigenvalue weighted by molar-refractivity contribution is -0.119. The summed E-state index contributed by atoms with van der Waals surface area (Å²) in [6, 6.07) is 20.3. The van der Waals surface area contributed by atoms with Crippen LogP contribution in [-0.4, -0.2) is 23.4 Å². The van der Waals surface area contributed by atoms with E-state index in [2.05, 4.69) is 10.3 Å². The molecule has 0 aliphatic heterocycles. The van der Waals surface area contributed by atoms with Gasteiger partial charge >= 0.3 is 0 Å². The average Bonchev–Trinajstić information content (AvgIpc) is 2.72. The molecule has 3 aromatic carbocycles. The van der Waals surface area contributed by atoms with Crippen LogP contribution in [0.25, 0.3) is 21.7 Å². The number of nitrogens with one attached hydrogen (secondary N) is 1. The minimum atomic E-state index is -0.548. The Labute approximate surface area is 160 Å². The van der Waals surface area contributed by atoms with E-state index in [1.54, 1.807) is 30.5 Å². The number of nitrogens with zero attached hydrogens (tertiary/aromatic N) is 1. The molecule has 1 heterocycles. The highest BCUT2D eigenvalue weighted by molar-refractivity contribution is 6.18. The van der Waals surface area contributed by atoms with Gasteiger partial charge in [-0.15, -0.1) is 0 Å². The maximum absolute atomic E-state index is 12.9. The third-order valence-corrected chi connectivity index (χ3v) is 4.35. The Balaban J connectivity index is 1.64. The van der Waals surface area contributed by atoms with E-state index in [4.69, 9.17) is 10.5 Å². The smallest absolute Gasteiger partial charge is 0.257 e. The number of hydrogen-bond acceptors (Lipinski definition) is 4. The summed E-state index contributed by atoms with van der Waals surface area (Å²) in [5.74, 6) is -0.303. The lowest BCUT2D eigenvalue weighted by atomic mass is 10.0. The number of benzene rings is 3. The van der Waals surface area contributed by atoms with E-state index < -0.39 is 5.91 Å². The maximum Gasteiger partial charge on any atom is 0.257 e. The fourth-order valence-electron chi connectivity index (χ4n) is 3.09. The average molecular weight is 371 g/mol. The number of anilines is 1. The van der Waals surface area contributed by atoms with Crippen LogP contribution in [0.15, 0.2) is 72.9 Å². The van der Waals surface area contributed by atoms with Crippen LogP contribution in [0.2, 0.25) is 0 Å². The predicted molar refractivity (Wildman–Crippen MR) is 108 cm³/mol. The Hall–Kier alpha value is -3.93. The Kier molecular flexibility index (Phi) is 4.60. The maximum atomic E-state index is 12.9. The molecule has 1 aromatic heterocycles. The Morgan fingerprint density at radius 3 is 2.50 bits per heavy atom. The number of rotatable bonds is 5. The second kappa shape index (κ2) is 7.36. The first-order chi connectivity index (χ1) is 13.6. The summed E-state index contributed by atoms with van der Waals surface area (Å²) in [7, 11) is 0. The molecule has 28 heavy (non-hydrogen) atoms. The number of nitrogens with two attached hydrogens (primary N) is 1. The first-order valence-corrected chi connectivity index (χ1v) is 8.71. The van der Waals surface area contributed by atoms with Crippen molar-refractivity contribution in [2.45, 2.75) is 0 Å². The Bertz CT molecular complexity index is 1190. The molecule has 3 N–H and O–H groups in total. The SMILES string of the molecule is NC(=O)COc1ccc(NC(=O)c2cc3ccccc3c3cccnc23)cc1. The van der Waals surface area contributed by atoms with Crippen LogP contribution < -0.4 is 15.8 Å². The first kappa shape index (κ1) is 17.5. The van der Waals surface area contributed by atoms with Crippen LogP contribution >= 0.6 is 0 Å². The predicted octanol–water partition coefficient (Wildman–Crippen LogP) is 3.50. The number of ether oxygens (including phenoxy) is 1. The molecule has 4 aromatic rings. The van der Waals surface area contributed by atoms with Crippen LogP contribution in [-0.2, 0) is 4.79 Å². The summed E-state index contributed by atoms with van der Waals surface area (Å²) in [6.07, 6.45) is 1.68. The zero-order valence-electron chi connectivity index (χ0n) is 14.9. The van der Waals surface area contributed by atoms with Crippen LogP contribution in [0.4, 0.5) is 5.69 Å². The fourth-order valence-corrected chi connectivity index (χ4v) is 3.09. The zero-order valence-corrected chi connectivity index (χ0v) is 14.9.